The fourth-order valence-electron chi connectivity index (χ4n) is 3.43. The van der Waals surface area contributed by atoms with E-state index in [1.807, 2.05) is 79.0 Å². The van der Waals surface area contributed by atoms with Gasteiger partial charge < -0.3 is 9.88 Å². The van der Waals surface area contributed by atoms with E-state index < -0.39 is 5.91 Å². The molecule has 0 aliphatic carbocycles. The molecule has 0 saturated carbocycles. The molecule has 0 atom stereocenters. The smallest absolute Gasteiger partial charge is 0.262 e. The number of hydrogen-bond acceptors (Lipinski definition) is 3. The first-order chi connectivity index (χ1) is 15.1. The van der Waals surface area contributed by atoms with Crippen LogP contribution in [-0.4, -0.2) is 15.5 Å². The summed E-state index contributed by atoms with van der Waals surface area (Å²) in [5.41, 5.74) is 3.66. The Morgan fingerprint density at radius 3 is 2.74 bits per heavy atom. The van der Waals surface area contributed by atoms with Crippen molar-refractivity contribution >= 4 is 34.5 Å². The van der Waals surface area contributed by atoms with E-state index in [4.69, 9.17) is 11.6 Å². The van der Waals surface area contributed by atoms with Crippen LogP contribution in [-0.2, 0) is 17.9 Å². The molecule has 2 aromatic heterocycles. The second-order valence-corrected chi connectivity index (χ2v) is 7.47. The lowest BCUT2D eigenvalue weighted by Gasteiger charge is -2.05. The number of rotatable bonds is 6. The predicted molar refractivity (Wildman–Crippen MR) is 122 cm³/mol. The molecule has 5 nitrogen and oxygen atoms in total. The summed E-state index contributed by atoms with van der Waals surface area (Å²) in [4.78, 5) is 16.8. The van der Waals surface area contributed by atoms with Gasteiger partial charge in [-0.1, -0.05) is 48.0 Å². The van der Waals surface area contributed by atoms with E-state index in [1.165, 1.54) is 0 Å². The van der Waals surface area contributed by atoms with E-state index in [-0.39, 0.29) is 12.1 Å². The second-order valence-electron chi connectivity index (χ2n) is 7.03. The number of halogens is 1. The third kappa shape index (κ3) is 4.82. The SMILES string of the molecule is N#CC(=Cc1cn(Cc2cccc(Cl)c2)c2ccccc12)C(=O)NCc1ccccn1. The molecular weight excluding hydrogens is 408 g/mol. The summed E-state index contributed by atoms with van der Waals surface area (Å²) in [6.07, 6.45) is 5.25. The zero-order valence-electron chi connectivity index (χ0n) is 16.6. The number of carbonyl (C=O) groups excluding carboxylic acids is 1. The van der Waals surface area contributed by atoms with Gasteiger partial charge in [-0.15, -0.1) is 0 Å². The summed E-state index contributed by atoms with van der Waals surface area (Å²) in [7, 11) is 0. The molecule has 1 amide bonds. The first kappa shape index (κ1) is 20.4. The third-order valence-electron chi connectivity index (χ3n) is 4.88. The fraction of sp³-hybridized carbons (Fsp3) is 0.0800. The molecule has 0 saturated heterocycles. The van der Waals surface area contributed by atoms with E-state index in [0.29, 0.717) is 11.6 Å². The summed E-state index contributed by atoms with van der Waals surface area (Å²) < 4.78 is 2.09. The highest BCUT2D eigenvalue weighted by Gasteiger charge is 2.13. The van der Waals surface area contributed by atoms with Crippen LogP contribution in [0.15, 0.2) is 84.7 Å². The molecule has 1 N–H and O–H groups in total. The lowest BCUT2D eigenvalue weighted by Crippen LogP contribution is -2.24. The summed E-state index contributed by atoms with van der Waals surface area (Å²) in [5.74, 6) is -0.431. The van der Waals surface area contributed by atoms with Gasteiger partial charge >= 0.3 is 0 Å². The van der Waals surface area contributed by atoms with Crippen LogP contribution < -0.4 is 5.32 Å². The van der Waals surface area contributed by atoms with Crippen LogP contribution in [0.3, 0.4) is 0 Å². The van der Waals surface area contributed by atoms with Gasteiger partial charge in [0, 0.05) is 40.4 Å². The Labute approximate surface area is 185 Å². The lowest BCUT2D eigenvalue weighted by molar-refractivity contribution is -0.117. The highest BCUT2D eigenvalue weighted by Crippen LogP contribution is 2.25. The minimum absolute atomic E-state index is 0.0431. The van der Waals surface area contributed by atoms with Crippen molar-refractivity contribution in [3.63, 3.8) is 0 Å². The Kier molecular flexibility index (Phi) is 6.11. The van der Waals surface area contributed by atoms with Gasteiger partial charge in [-0.05, 0) is 42.0 Å². The summed E-state index contributed by atoms with van der Waals surface area (Å²) in [5, 5.41) is 14.0. The minimum Gasteiger partial charge on any atom is -0.346 e. The molecule has 0 bridgehead atoms. The van der Waals surface area contributed by atoms with Crippen molar-refractivity contribution < 1.29 is 4.79 Å². The summed E-state index contributed by atoms with van der Waals surface area (Å²) in [6.45, 7) is 0.887. The van der Waals surface area contributed by atoms with Crippen LogP contribution in [0.5, 0.6) is 0 Å². The summed E-state index contributed by atoms with van der Waals surface area (Å²) in [6, 6.07) is 23.1. The van der Waals surface area contributed by atoms with E-state index in [9.17, 15) is 10.1 Å². The van der Waals surface area contributed by atoms with Crippen molar-refractivity contribution in [1.29, 1.82) is 5.26 Å². The standard InChI is InChI=1S/C25H19ClN4O/c26-21-7-5-6-18(12-21)16-30-17-20(23-9-1-2-10-24(23)30)13-19(14-27)25(31)29-15-22-8-3-4-11-28-22/h1-13,17H,15-16H2,(H,29,31). The Morgan fingerprint density at radius 2 is 1.97 bits per heavy atom. The van der Waals surface area contributed by atoms with E-state index in [1.54, 1.807) is 12.3 Å². The topological polar surface area (TPSA) is 70.7 Å². The Hall–Kier alpha value is -3.88. The van der Waals surface area contributed by atoms with Gasteiger partial charge in [-0.25, -0.2) is 0 Å². The lowest BCUT2D eigenvalue weighted by atomic mass is 10.1. The minimum atomic E-state index is -0.431. The van der Waals surface area contributed by atoms with Crippen LogP contribution >= 0.6 is 11.6 Å². The highest BCUT2D eigenvalue weighted by atomic mass is 35.5. The van der Waals surface area contributed by atoms with Crippen molar-refractivity contribution in [3.8, 4) is 6.07 Å². The Balaban J connectivity index is 1.62. The number of hydrogen-bond donors (Lipinski definition) is 1. The molecule has 0 radical (unpaired) electrons. The number of nitrogens with zero attached hydrogens (tertiary/aromatic N) is 3. The first-order valence-electron chi connectivity index (χ1n) is 9.76. The maximum atomic E-state index is 12.6. The fourth-order valence-corrected chi connectivity index (χ4v) is 3.64. The van der Waals surface area contributed by atoms with Crippen molar-refractivity contribution in [2.24, 2.45) is 0 Å². The molecule has 0 spiro atoms. The molecule has 4 rings (SSSR count). The van der Waals surface area contributed by atoms with Gasteiger partial charge in [0.05, 0.1) is 12.2 Å². The van der Waals surface area contributed by atoms with Crippen molar-refractivity contribution in [2.45, 2.75) is 13.1 Å². The maximum Gasteiger partial charge on any atom is 0.262 e. The number of benzene rings is 2. The van der Waals surface area contributed by atoms with E-state index in [0.717, 1.165) is 27.7 Å². The number of fused-ring (bicyclic) bond motifs is 1. The average Bonchev–Trinajstić information content (AvgIpc) is 3.13. The molecule has 152 valence electrons. The number of nitriles is 1. The average molecular weight is 427 g/mol. The first-order valence-corrected chi connectivity index (χ1v) is 10.1. The van der Waals surface area contributed by atoms with Crippen LogP contribution in [0.2, 0.25) is 5.02 Å². The van der Waals surface area contributed by atoms with Gasteiger partial charge in [0.2, 0.25) is 0 Å². The van der Waals surface area contributed by atoms with Crippen molar-refractivity contribution in [1.82, 2.24) is 14.9 Å². The van der Waals surface area contributed by atoms with E-state index in [2.05, 4.69) is 14.9 Å². The number of amides is 1. The molecular formula is C25H19ClN4O. The quantitative estimate of drug-likeness (QED) is 0.350. The largest absolute Gasteiger partial charge is 0.346 e. The summed E-state index contributed by atoms with van der Waals surface area (Å²) >= 11 is 6.13. The maximum absolute atomic E-state index is 12.6. The normalized spacial score (nSPS) is 11.3. The molecule has 2 aromatic carbocycles. The van der Waals surface area contributed by atoms with Crippen LogP contribution in [0, 0.1) is 11.3 Å². The number of para-hydroxylation sites is 1. The highest BCUT2D eigenvalue weighted by molar-refractivity contribution is 6.30. The monoisotopic (exact) mass is 426 g/mol. The molecule has 0 unspecified atom stereocenters. The number of pyridine rings is 1. The van der Waals surface area contributed by atoms with Gasteiger partial charge in [0.15, 0.2) is 0 Å². The molecule has 4 aromatic rings. The van der Waals surface area contributed by atoms with Crippen molar-refractivity contribution in [2.75, 3.05) is 0 Å². The van der Waals surface area contributed by atoms with Gasteiger partial charge in [0.25, 0.3) is 5.91 Å². The van der Waals surface area contributed by atoms with E-state index >= 15 is 0 Å². The molecule has 31 heavy (non-hydrogen) atoms. The van der Waals surface area contributed by atoms with Gasteiger partial charge in [0.1, 0.15) is 11.6 Å². The number of aromatic nitrogens is 2. The van der Waals surface area contributed by atoms with Crippen molar-refractivity contribution in [3.05, 3.63) is 107 Å². The van der Waals surface area contributed by atoms with Gasteiger partial charge in [-0.3, -0.25) is 9.78 Å². The molecule has 0 aliphatic heterocycles. The Bertz CT molecular complexity index is 1300. The molecule has 2 heterocycles. The zero-order valence-corrected chi connectivity index (χ0v) is 17.4. The number of carbonyl (C=O) groups is 1. The third-order valence-corrected chi connectivity index (χ3v) is 5.12. The Morgan fingerprint density at radius 1 is 1.13 bits per heavy atom. The molecule has 0 aliphatic rings. The van der Waals surface area contributed by atoms with Gasteiger partial charge in [-0.2, -0.15) is 5.26 Å². The molecule has 6 heteroatoms. The zero-order chi connectivity index (χ0) is 21.6. The number of nitrogens with one attached hydrogen (secondary N) is 1. The second kappa shape index (κ2) is 9.29. The van der Waals surface area contributed by atoms with Crippen LogP contribution in [0.25, 0.3) is 17.0 Å². The van der Waals surface area contributed by atoms with Crippen LogP contribution in [0.4, 0.5) is 0 Å². The predicted octanol–water partition coefficient (Wildman–Crippen LogP) is 4.96. The van der Waals surface area contributed by atoms with Crippen LogP contribution in [0.1, 0.15) is 16.8 Å². The molecule has 0 fully saturated rings.